The highest BCUT2D eigenvalue weighted by atomic mass is 32.2. The van der Waals surface area contributed by atoms with Crippen molar-refractivity contribution in [1.82, 2.24) is 0 Å². The van der Waals surface area contributed by atoms with Crippen LogP contribution in [0.1, 0.15) is 12.8 Å². The van der Waals surface area contributed by atoms with Crippen molar-refractivity contribution in [1.29, 1.82) is 5.26 Å². The summed E-state index contributed by atoms with van der Waals surface area (Å²) >= 11 is 0. The summed E-state index contributed by atoms with van der Waals surface area (Å²) in [5.41, 5.74) is 0. The summed E-state index contributed by atoms with van der Waals surface area (Å²) in [6, 6.07) is 2.13. The zero-order valence-corrected chi connectivity index (χ0v) is 6.41. The molecule has 0 atom stereocenters. The van der Waals surface area contributed by atoms with Crippen molar-refractivity contribution in [2.75, 3.05) is 18.3 Å². The lowest BCUT2D eigenvalue weighted by Gasteiger charge is -2.04. The molecular formula is C6H13NS. The molecule has 0 aromatic carbocycles. The van der Waals surface area contributed by atoms with Gasteiger partial charge in [-0.3, -0.25) is 10.9 Å². The number of rotatable bonds is 3. The Balaban J connectivity index is 2.85. The first kappa shape index (κ1) is 7.84. The Kier molecular flexibility index (Phi) is 4.89. The molecule has 0 radical (unpaired) electrons. The Morgan fingerprint density at radius 2 is 2.12 bits per heavy atom. The first-order valence-corrected chi connectivity index (χ1v) is 5.21. The Hall–Kier alpha value is -0.160. The third kappa shape index (κ3) is 5.84. The Morgan fingerprint density at radius 3 is 2.50 bits per heavy atom. The van der Waals surface area contributed by atoms with E-state index in [2.05, 4.69) is 18.6 Å². The molecule has 0 rings (SSSR count). The fourth-order valence-electron chi connectivity index (χ4n) is 0.474. The summed E-state index contributed by atoms with van der Waals surface area (Å²) < 4.78 is 0. The van der Waals surface area contributed by atoms with Gasteiger partial charge in [-0.25, -0.2) is 0 Å². The van der Waals surface area contributed by atoms with E-state index >= 15 is 0 Å². The third-order valence-electron chi connectivity index (χ3n) is 0.894. The van der Waals surface area contributed by atoms with E-state index in [9.17, 15) is 0 Å². The molecule has 2 heteroatoms. The van der Waals surface area contributed by atoms with Crippen molar-refractivity contribution < 1.29 is 0 Å². The van der Waals surface area contributed by atoms with Gasteiger partial charge >= 0.3 is 0 Å². The van der Waals surface area contributed by atoms with Crippen molar-refractivity contribution >= 4 is 10.9 Å². The largest absolute Gasteiger partial charge is 0.259 e. The fourth-order valence-corrected chi connectivity index (χ4v) is 1.26. The van der Waals surface area contributed by atoms with Gasteiger partial charge in [-0.15, -0.1) is 0 Å². The Labute approximate surface area is 54.0 Å². The molecule has 0 fully saturated rings. The van der Waals surface area contributed by atoms with Crippen LogP contribution in [0.25, 0.3) is 0 Å². The van der Waals surface area contributed by atoms with Gasteiger partial charge in [0.05, 0.1) is 6.07 Å². The van der Waals surface area contributed by atoms with Crippen molar-refractivity contribution in [3.05, 3.63) is 0 Å². The van der Waals surface area contributed by atoms with E-state index in [0.29, 0.717) is 0 Å². The van der Waals surface area contributed by atoms with E-state index in [-0.39, 0.29) is 10.9 Å². The number of unbranched alkanes of at least 4 members (excludes halogenated alkanes) is 1. The molecule has 0 aliphatic rings. The van der Waals surface area contributed by atoms with E-state index < -0.39 is 0 Å². The molecule has 0 saturated heterocycles. The predicted octanol–water partition coefficient (Wildman–Crippen LogP) is 1.55. The monoisotopic (exact) mass is 131 g/mol. The highest BCUT2D eigenvalue weighted by molar-refractivity contribution is 8.15. The average Bonchev–Trinajstić information content (AvgIpc) is 1.66. The van der Waals surface area contributed by atoms with Gasteiger partial charge in [0.2, 0.25) is 0 Å². The highest BCUT2D eigenvalue weighted by Crippen LogP contribution is 2.14. The van der Waals surface area contributed by atoms with E-state index in [1.165, 1.54) is 5.75 Å². The predicted molar refractivity (Wildman–Crippen MR) is 40.5 cm³/mol. The van der Waals surface area contributed by atoms with Gasteiger partial charge in [0.1, 0.15) is 0 Å². The van der Waals surface area contributed by atoms with Crippen LogP contribution in [0.3, 0.4) is 0 Å². The molecule has 0 aliphatic carbocycles. The minimum Gasteiger partial charge on any atom is -0.259 e. The maximum atomic E-state index is 8.14. The van der Waals surface area contributed by atoms with Crippen molar-refractivity contribution in [3.63, 3.8) is 0 Å². The average molecular weight is 131 g/mol. The van der Waals surface area contributed by atoms with Gasteiger partial charge < -0.3 is 0 Å². The SMILES string of the molecule is C[SH](C)CCCC#N. The van der Waals surface area contributed by atoms with Crippen LogP contribution in [0, 0.1) is 11.3 Å². The van der Waals surface area contributed by atoms with Crippen LogP contribution in [0.5, 0.6) is 0 Å². The Morgan fingerprint density at radius 1 is 1.50 bits per heavy atom. The number of nitriles is 1. The van der Waals surface area contributed by atoms with Gasteiger partial charge in [-0.05, 0) is 24.7 Å². The highest BCUT2D eigenvalue weighted by Gasteiger charge is 1.86. The molecule has 0 aliphatic heterocycles. The second-order valence-corrected chi connectivity index (χ2v) is 4.67. The van der Waals surface area contributed by atoms with Gasteiger partial charge in [-0.2, -0.15) is 5.26 Å². The van der Waals surface area contributed by atoms with E-state index in [1.807, 2.05) is 0 Å². The van der Waals surface area contributed by atoms with Crippen LogP contribution in [0.2, 0.25) is 0 Å². The van der Waals surface area contributed by atoms with Crippen LogP contribution in [-0.4, -0.2) is 18.3 Å². The van der Waals surface area contributed by atoms with Crippen LogP contribution in [0.4, 0.5) is 0 Å². The van der Waals surface area contributed by atoms with Gasteiger partial charge in [0.25, 0.3) is 0 Å². The van der Waals surface area contributed by atoms with Crippen LogP contribution < -0.4 is 0 Å². The van der Waals surface area contributed by atoms with Crippen molar-refractivity contribution in [2.45, 2.75) is 12.8 Å². The number of thiol groups is 1. The lowest BCUT2D eigenvalue weighted by Crippen LogP contribution is -1.82. The van der Waals surface area contributed by atoms with Crippen molar-refractivity contribution in [3.8, 4) is 6.07 Å². The van der Waals surface area contributed by atoms with Crippen LogP contribution in [0.15, 0.2) is 0 Å². The Bertz CT molecular complexity index is 83.0. The van der Waals surface area contributed by atoms with E-state index in [1.54, 1.807) is 0 Å². The molecule has 0 bridgehead atoms. The van der Waals surface area contributed by atoms with E-state index in [0.717, 1.165) is 12.8 Å². The summed E-state index contributed by atoms with van der Waals surface area (Å²) in [6.45, 7) is 0. The van der Waals surface area contributed by atoms with Crippen molar-refractivity contribution in [2.24, 2.45) is 0 Å². The molecule has 0 aromatic heterocycles. The van der Waals surface area contributed by atoms with Gasteiger partial charge in [0.15, 0.2) is 0 Å². The smallest absolute Gasteiger partial charge is 0.0622 e. The standard InChI is InChI=1S/C6H13NS/c1-8(2)6-4-3-5-7/h8H,3-4,6H2,1-2H3. The summed E-state index contributed by atoms with van der Waals surface area (Å²) in [5, 5.41) is 8.14. The second kappa shape index (κ2) is 4.99. The summed E-state index contributed by atoms with van der Waals surface area (Å²) in [7, 11) is 0.237. The zero-order valence-electron chi connectivity index (χ0n) is 5.52. The fraction of sp³-hybridized carbons (Fsp3) is 0.833. The molecule has 0 saturated carbocycles. The molecule has 0 N–H and O–H groups in total. The summed E-state index contributed by atoms with van der Waals surface area (Å²) in [5.74, 6) is 1.25. The zero-order chi connectivity index (χ0) is 6.41. The summed E-state index contributed by atoms with van der Waals surface area (Å²) in [4.78, 5) is 0. The number of hydrogen-bond donors (Lipinski definition) is 1. The molecular weight excluding hydrogens is 118 g/mol. The minimum atomic E-state index is 0.237. The van der Waals surface area contributed by atoms with Crippen LogP contribution in [-0.2, 0) is 0 Å². The molecule has 0 unspecified atom stereocenters. The topological polar surface area (TPSA) is 23.8 Å². The first-order chi connectivity index (χ1) is 3.77. The molecule has 1 nitrogen and oxygen atoms in total. The third-order valence-corrected chi connectivity index (χ3v) is 2.10. The molecule has 0 spiro atoms. The number of nitrogens with zero attached hydrogens (tertiary/aromatic N) is 1. The maximum Gasteiger partial charge on any atom is 0.0622 e. The molecule has 0 aromatic rings. The van der Waals surface area contributed by atoms with Crippen LogP contribution >= 0.6 is 10.9 Å². The maximum absolute atomic E-state index is 8.14. The van der Waals surface area contributed by atoms with Gasteiger partial charge in [0, 0.05) is 6.42 Å². The number of hydrogen-bond acceptors (Lipinski definition) is 1. The minimum absolute atomic E-state index is 0.237. The second-order valence-electron chi connectivity index (χ2n) is 2.06. The lowest BCUT2D eigenvalue weighted by molar-refractivity contribution is 0.980. The lowest BCUT2D eigenvalue weighted by atomic mass is 10.4. The molecule has 48 valence electrons. The van der Waals surface area contributed by atoms with E-state index in [4.69, 9.17) is 5.26 Å². The first-order valence-electron chi connectivity index (χ1n) is 2.79. The quantitative estimate of drug-likeness (QED) is 0.456. The van der Waals surface area contributed by atoms with Gasteiger partial charge in [-0.1, -0.05) is 0 Å². The summed E-state index contributed by atoms with van der Waals surface area (Å²) in [6.07, 6.45) is 6.31. The molecule has 0 heterocycles. The molecule has 0 amide bonds. The molecule has 8 heavy (non-hydrogen) atoms. The normalized spacial score (nSPS) is 10.4.